The number of hydrogen-bond acceptors (Lipinski definition) is 3. The van der Waals surface area contributed by atoms with Gasteiger partial charge in [0.1, 0.15) is 0 Å². The van der Waals surface area contributed by atoms with Crippen LogP contribution in [0.5, 0.6) is 0 Å². The Morgan fingerprint density at radius 1 is 0.283 bits per heavy atom. The third-order valence-electron chi connectivity index (χ3n) is 22.1. The van der Waals surface area contributed by atoms with Gasteiger partial charge in [-0.25, -0.2) is 0 Å². The number of aromatic nitrogens is 1. The van der Waals surface area contributed by atoms with Crippen molar-refractivity contribution in [3.63, 3.8) is 0 Å². The molecule has 0 bridgehead atoms. The summed E-state index contributed by atoms with van der Waals surface area (Å²) in [6, 6.07) is 8.10. The predicted octanol–water partition coefficient (Wildman–Crippen LogP) is -24.7. The molecule has 0 saturated carbocycles. The second-order valence-corrected chi connectivity index (χ2v) is 30.0. The molecular weight excluding hydrogens is 1190 g/mol. The quantitative estimate of drug-likeness (QED) is 0.0532. The van der Waals surface area contributed by atoms with Crippen LogP contribution in [0.15, 0.2) is 66.7 Å². The Balaban J connectivity index is 0.000000790. The topological polar surface area (TPSA) is 31.4 Å². The summed E-state index contributed by atoms with van der Waals surface area (Å²) in [5, 5.41) is 0. The monoisotopic (exact) mass is 1230 g/mol. The molecule has 1 saturated heterocycles. The molecule has 1 aromatic heterocycles. The fourth-order valence-corrected chi connectivity index (χ4v) is 17.0. The highest BCUT2D eigenvalue weighted by molar-refractivity contribution is 8.41. The van der Waals surface area contributed by atoms with E-state index in [9.17, 15) is 0 Å². The van der Waals surface area contributed by atoms with Gasteiger partial charge in [-0.3, -0.25) is 4.98 Å². The summed E-state index contributed by atoms with van der Waals surface area (Å²) in [4.78, 5) is 4.53. The summed E-state index contributed by atoms with van der Waals surface area (Å²) in [6.07, 6.45) is -61.5. The highest BCUT2D eigenvalue weighted by atomic mass is 16.7. The molecule has 1 aliphatic rings. The van der Waals surface area contributed by atoms with Gasteiger partial charge in [-0.05, 0) is 57.3 Å². The van der Waals surface area contributed by atoms with E-state index >= 15 is 0 Å². The summed E-state index contributed by atoms with van der Waals surface area (Å²) in [5.41, 5.74) is 3.18. The summed E-state index contributed by atoms with van der Waals surface area (Å²) < 4.78 is 52.3. The maximum absolute atomic E-state index is 8.22. The zero-order chi connectivity index (χ0) is 86.2. The van der Waals surface area contributed by atoms with E-state index in [4.69, 9.17) is 326 Å². The van der Waals surface area contributed by atoms with Gasteiger partial charge in [-0.15, -0.1) is 0 Å². The average molecular weight is 1220 g/mol. The molecule has 80 radical (unpaired) electrons. The molecule has 0 spiro atoms. The van der Waals surface area contributed by atoms with Crippen LogP contribution in [0, 0.1) is 6.92 Å². The minimum Gasteiger partial charge on any atom is -0.399 e. The van der Waals surface area contributed by atoms with E-state index in [0.717, 1.165) is 22.3 Å². The van der Waals surface area contributed by atoms with Crippen molar-refractivity contribution in [3.8, 4) is 22.4 Å². The van der Waals surface area contributed by atoms with Crippen LogP contribution in [0.25, 0.3) is 22.4 Å². The molecule has 1 aliphatic heterocycles. The van der Waals surface area contributed by atoms with Crippen molar-refractivity contribution in [1.82, 2.24) is 4.98 Å². The first-order valence-electron chi connectivity index (χ1n) is 37.5. The average Bonchev–Trinajstić information content (AvgIpc) is 0.929. The molecule has 2 heterocycles. The lowest BCUT2D eigenvalue weighted by molar-refractivity contribution is 0.00578. The number of rotatable bonds is 40. The molecular formula is C24H26B79NO2. The molecule has 0 unspecified atom stereocenters. The molecule has 0 amide bonds. The van der Waals surface area contributed by atoms with Gasteiger partial charge < -0.3 is 9.31 Å². The van der Waals surface area contributed by atoms with Crippen molar-refractivity contribution in [2.45, 2.75) is 45.8 Å². The third-order valence-corrected chi connectivity index (χ3v) is 22.1. The second kappa shape index (κ2) is 45.7. The molecule has 106 heavy (non-hydrogen) atoms. The Labute approximate surface area is 719 Å². The Morgan fingerprint density at radius 3 is 0.651 bits per heavy atom. The van der Waals surface area contributed by atoms with Crippen LogP contribution in [0.2, 0.25) is 0 Å². The standard InChI is InChI=1S/C24H26BNO2.B78/c1-17-15-22(26-16-21(17)18-9-7-6-8-10-18)19-11-13-20(14-12-19)25-27-23(2,3)24(4,5)28-25;1-41(2)61(42(3)4)71(62(43(5)6)44(7)8)76(72(63(45(9)10)46(11)12)64(47(13)14)48(15)16)78(75(69(57(33)34)58(35)36)70(59(37)38)60(39)40)77(73(65(49(17)18)50(19)20)66(51(21)22)52(23)24)74(67(53(25)26)54(27)28)68(55(29)30)56(31)32/h6-16H,1-5H3;/i6D,7D,8D,9D,10D;. The van der Waals surface area contributed by atoms with Crippen molar-refractivity contribution >= 4 is 565 Å². The van der Waals surface area contributed by atoms with E-state index in [2.05, 4.69) is 4.98 Å². The smallest absolute Gasteiger partial charge is 0.399 e. The highest BCUT2D eigenvalue weighted by Gasteiger charge is 2.66. The van der Waals surface area contributed by atoms with Crippen molar-refractivity contribution in [3.05, 3.63) is 72.3 Å². The largest absolute Gasteiger partial charge is 0.494 e. The van der Waals surface area contributed by atoms with Crippen LogP contribution >= 0.6 is 0 Å². The van der Waals surface area contributed by atoms with E-state index in [1.54, 1.807) is 6.20 Å². The number of benzene rings is 2. The first-order chi connectivity index (χ1) is 50.8. The lowest BCUT2D eigenvalue weighted by Crippen LogP contribution is -2.99. The highest BCUT2D eigenvalue weighted by Crippen LogP contribution is 2.37. The van der Waals surface area contributed by atoms with Crippen LogP contribution < -0.4 is 5.46 Å². The molecule has 3 aromatic rings. The van der Waals surface area contributed by atoms with Gasteiger partial charge in [0.25, 0.3) is 0 Å². The molecule has 1 fully saturated rings. The van der Waals surface area contributed by atoms with Crippen molar-refractivity contribution < 1.29 is 16.2 Å². The normalized spacial score (nSPS) is 12.5. The third kappa shape index (κ3) is 26.3. The SMILES string of the molecule is [2H]c1c([2H])c([2H])c(-c2cnc(-c3ccc(B4OC(C)(C)C(C)(C)O4)cc3)cc2C)c([2H])c1[2H].[B]B([B])B(B([B])[B])B(B(B([B])[B])B([B])[B])B(B(B(B([B])[B])B([B])[B])B(B([B])[B])B([B])[B])B(B(B(B([B])[B])B([B])[B])B(B([B])[B])B([B])[B])B(B(B(B([B])[B])B([B])[B])B(B([B])[B])B([B])[B])B(B(B([B])[B])B([B])[B])B(B([B])[B])B([B])[B]. The lowest BCUT2D eigenvalue weighted by atomic mass is 8.20. The summed E-state index contributed by atoms with van der Waals surface area (Å²) >= 11 is 0. The van der Waals surface area contributed by atoms with E-state index in [-0.39, 0.29) is 29.7 Å². The van der Waals surface area contributed by atoms with Crippen LogP contribution in [-0.4, -0.2) is 575 Å². The minimum absolute atomic E-state index is 0.161. The van der Waals surface area contributed by atoms with E-state index in [1.165, 1.54) is 0 Å². The van der Waals surface area contributed by atoms with Gasteiger partial charge in [0, 0.05) is 569 Å². The van der Waals surface area contributed by atoms with Gasteiger partial charge in [-0.1, -0.05) is 54.5 Å². The maximum Gasteiger partial charge on any atom is 0.494 e. The zero-order valence-corrected chi connectivity index (χ0v) is 61.8. The number of nitrogens with zero attached hydrogens (tertiary/aromatic N) is 1. The van der Waals surface area contributed by atoms with E-state index < -0.39 is 267 Å². The molecule has 4 rings (SSSR count). The molecule has 376 valence electrons. The lowest BCUT2D eigenvalue weighted by Gasteiger charge is -2.61. The van der Waals surface area contributed by atoms with Crippen LogP contribution in [-0.2, 0) is 9.31 Å². The van der Waals surface area contributed by atoms with Crippen LogP contribution in [0.1, 0.15) is 40.1 Å². The summed E-state index contributed by atoms with van der Waals surface area (Å²) in [5.74, 6) is 0. The van der Waals surface area contributed by atoms with E-state index in [0.29, 0.717) is 5.56 Å². The Kier molecular flexibility index (Phi) is 40.6. The molecule has 0 aliphatic carbocycles. The first-order valence-corrected chi connectivity index (χ1v) is 35.0. The van der Waals surface area contributed by atoms with Crippen LogP contribution in [0.4, 0.5) is 0 Å². The van der Waals surface area contributed by atoms with Gasteiger partial charge in [0.2, 0.25) is 0 Å². The minimum atomic E-state index is -1.89. The Bertz CT molecular complexity index is 2870. The molecule has 2 aromatic carbocycles. The molecule has 82 heteroatoms. The second-order valence-electron chi connectivity index (χ2n) is 30.0. The number of aryl methyl sites for hydroxylation is 1. The Hall–Kier alpha value is 2.64. The van der Waals surface area contributed by atoms with Crippen molar-refractivity contribution in [2.24, 2.45) is 0 Å². The van der Waals surface area contributed by atoms with Gasteiger partial charge in [-0.2, -0.15) is 0 Å². The van der Waals surface area contributed by atoms with Crippen molar-refractivity contribution in [1.29, 1.82) is 0 Å². The van der Waals surface area contributed by atoms with Crippen molar-refractivity contribution in [2.75, 3.05) is 0 Å². The van der Waals surface area contributed by atoms with Gasteiger partial charge >= 0.3 is 7.12 Å². The first kappa shape index (κ1) is 94.1. The fourth-order valence-electron chi connectivity index (χ4n) is 17.0. The molecule has 3 nitrogen and oxygen atoms in total. The Morgan fingerprint density at radius 2 is 0.472 bits per heavy atom. The summed E-state index contributed by atoms with van der Waals surface area (Å²) in [6.45, 7) is 9.92. The molecule has 0 N–H and O–H groups in total. The number of pyridine rings is 1. The number of hydrogen-bond donors (Lipinski definition) is 0. The van der Waals surface area contributed by atoms with E-state index in [1.807, 2.05) is 65.0 Å². The van der Waals surface area contributed by atoms with Gasteiger partial charge in [0.15, 0.2) is 0 Å². The zero-order valence-electron chi connectivity index (χ0n) is 66.8. The maximum atomic E-state index is 8.22. The summed E-state index contributed by atoms with van der Waals surface area (Å²) in [7, 11) is 273. The molecule has 0 atom stereocenters. The van der Waals surface area contributed by atoms with Gasteiger partial charge in [0.05, 0.1) is 23.7 Å². The fraction of sp³-hybridized carbons (Fsp3) is 0.292. The predicted molar refractivity (Wildman–Crippen MR) is 564 cm³/mol. The van der Waals surface area contributed by atoms with Crippen LogP contribution in [0.3, 0.4) is 0 Å².